The number of rotatable bonds is 4. The van der Waals surface area contributed by atoms with Crippen molar-refractivity contribution in [3.05, 3.63) is 87.5 Å². The Bertz CT molecular complexity index is 1010. The molecule has 0 heterocycles. The van der Waals surface area contributed by atoms with E-state index in [1.165, 1.54) is 0 Å². The van der Waals surface area contributed by atoms with E-state index in [2.05, 4.69) is 13.0 Å². The Morgan fingerprint density at radius 3 is 1.71 bits per heavy atom. The Hall–Kier alpha value is -2.94. The maximum Gasteiger partial charge on any atom is 0.121 e. The fourth-order valence-corrected chi connectivity index (χ4v) is 3.89. The number of phenolic OH excluding ortho intramolecular Hbond substituents is 3. The zero-order chi connectivity index (χ0) is 20.6. The summed E-state index contributed by atoms with van der Waals surface area (Å²) in [5.41, 5.74) is 5.99. The van der Waals surface area contributed by atoms with E-state index in [9.17, 15) is 15.3 Å². The summed E-state index contributed by atoms with van der Waals surface area (Å²) < 4.78 is 0. The number of aromatic hydroxyl groups is 3. The highest BCUT2D eigenvalue weighted by atomic mass is 16.3. The maximum atomic E-state index is 10.3. The van der Waals surface area contributed by atoms with Gasteiger partial charge in [-0.3, -0.25) is 0 Å². The van der Waals surface area contributed by atoms with Gasteiger partial charge in [0.05, 0.1) is 0 Å². The molecule has 0 aliphatic heterocycles. The molecular formula is C25H28O3. The summed E-state index contributed by atoms with van der Waals surface area (Å²) in [5, 5.41) is 30.5. The smallest absolute Gasteiger partial charge is 0.121 e. The Balaban J connectivity index is 2.35. The monoisotopic (exact) mass is 376 g/mol. The average molecular weight is 376 g/mol. The Kier molecular flexibility index (Phi) is 5.12. The summed E-state index contributed by atoms with van der Waals surface area (Å²) in [4.78, 5) is 0. The van der Waals surface area contributed by atoms with Crippen molar-refractivity contribution < 1.29 is 15.3 Å². The lowest BCUT2D eigenvalue weighted by Crippen LogP contribution is -2.26. The summed E-state index contributed by atoms with van der Waals surface area (Å²) in [6.45, 7) is 9.87. The van der Waals surface area contributed by atoms with Crippen LogP contribution in [-0.4, -0.2) is 15.3 Å². The van der Waals surface area contributed by atoms with Gasteiger partial charge in [0.1, 0.15) is 17.2 Å². The molecule has 0 amide bonds. The zero-order valence-electron chi connectivity index (χ0n) is 17.2. The van der Waals surface area contributed by atoms with Gasteiger partial charge in [-0.25, -0.2) is 0 Å². The van der Waals surface area contributed by atoms with Crippen LogP contribution >= 0.6 is 0 Å². The highest BCUT2D eigenvalue weighted by Gasteiger charge is 2.33. The second-order valence-electron chi connectivity index (χ2n) is 7.78. The van der Waals surface area contributed by atoms with Crippen molar-refractivity contribution in [3.63, 3.8) is 0 Å². The molecule has 0 fully saturated rings. The fourth-order valence-electron chi connectivity index (χ4n) is 3.89. The van der Waals surface area contributed by atoms with Crippen LogP contribution < -0.4 is 0 Å². The van der Waals surface area contributed by atoms with Crippen LogP contribution in [-0.2, 0) is 11.8 Å². The Labute approximate surface area is 166 Å². The molecule has 3 aromatic carbocycles. The lowest BCUT2D eigenvalue weighted by atomic mass is 9.69. The molecule has 1 atom stereocenters. The molecule has 3 nitrogen and oxygen atoms in total. The van der Waals surface area contributed by atoms with Crippen molar-refractivity contribution in [2.75, 3.05) is 0 Å². The first-order valence-electron chi connectivity index (χ1n) is 9.61. The van der Waals surface area contributed by atoms with Gasteiger partial charge in [0.15, 0.2) is 0 Å². The molecule has 0 spiro atoms. The minimum absolute atomic E-state index is 0.268. The van der Waals surface area contributed by atoms with Gasteiger partial charge in [-0.2, -0.15) is 0 Å². The van der Waals surface area contributed by atoms with Crippen molar-refractivity contribution in [2.45, 2.75) is 46.5 Å². The van der Waals surface area contributed by atoms with E-state index in [0.717, 1.165) is 45.4 Å². The maximum absolute atomic E-state index is 10.3. The quantitative estimate of drug-likeness (QED) is 0.516. The van der Waals surface area contributed by atoms with Crippen LogP contribution in [0.2, 0.25) is 0 Å². The number of hydrogen-bond donors (Lipinski definition) is 3. The summed E-state index contributed by atoms with van der Waals surface area (Å²) in [5.74, 6) is 0.880. The van der Waals surface area contributed by atoms with E-state index in [1.54, 1.807) is 12.1 Å². The van der Waals surface area contributed by atoms with Crippen LogP contribution in [0, 0.1) is 20.8 Å². The molecule has 0 radical (unpaired) electrons. The van der Waals surface area contributed by atoms with E-state index < -0.39 is 5.41 Å². The lowest BCUT2D eigenvalue weighted by Gasteiger charge is -2.33. The molecule has 146 valence electrons. The molecule has 1 unspecified atom stereocenters. The molecule has 3 rings (SSSR count). The molecule has 0 aromatic heterocycles. The highest BCUT2D eigenvalue weighted by molar-refractivity contribution is 5.56. The molecule has 0 aliphatic carbocycles. The van der Waals surface area contributed by atoms with Gasteiger partial charge in [0.2, 0.25) is 0 Å². The first-order chi connectivity index (χ1) is 13.2. The van der Waals surface area contributed by atoms with Crippen molar-refractivity contribution in [1.29, 1.82) is 0 Å². The highest BCUT2D eigenvalue weighted by Crippen LogP contribution is 2.43. The summed E-state index contributed by atoms with van der Waals surface area (Å²) in [6, 6.07) is 15.5. The van der Waals surface area contributed by atoms with Gasteiger partial charge in [0, 0.05) is 5.41 Å². The summed E-state index contributed by atoms with van der Waals surface area (Å²) in [6.07, 6.45) is 0.734. The Morgan fingerprint density at radius 1 is 0.679 bits per heavy atom. The topological polar surface area (TPSA) is 60.7 Å². The standard InChI is InChI=1S/C25H28O3/c1-6-18-14-20(8-10-23(18)27)25(5,19-7-9-22(26)15(2)11-19)21-12-16(3)24(28)17(4)13-21/h7-14,26-28H,6H2,1-5H3. The first-order valence-corrected chi connectivity index (χ1v) is 9.61. The molecule has 0 aliphatic rings. The molecule has 0 saturated carbocycles. The van der Waals surface area contributed by atoms with Crippen LogP contribution in [0.5, 0.6) is 17.2 Å². The molecule has 3 aromatic rings. The Morgan fingerprint density at radius 2 is 1.18 bits per heavy atom. The minimum Gasteiger partial charge on any atom is -0.508 e. The third-order valence-electron chi connectivity index (χ3n) is 5.88. The second-order valence-corrected chi connectivity index (χ2v) is 7.78. The van der Waals surface area contributed by atoms with Crippen molar-refractivity contribution in [2.24, 2.45) is 0 Å². The van der Waals surface area contributed by atoms with E-state index in [1.807, 2.05) is 58.0 Å². The average Bonchev–Trinajstić information content (AvgIpc) is 2.67. The van der Waals surface area contributed by atoms with E-state index in [0.29, 0.717) is 11.5 Å². The van der Waals surface area contributed by atoms with Gasteiger partial charge in [-0.05, 0) is 85.2 Å². The third kappa shape index (κ3) is 3.22. The predicted molar refractivity (Wildman–Crippen MR) is 113 cm³/mol. The largest absolute Gasteiger partial charge is 0.508 e. The molecule has 3 N–H and O–H groups in total. The molecule has 0 bridgehead atoms. The van der Waals surface area contributed by atoms with E-state index >= 15 is 0 Å². The molecule has 28 heavy (non-hydrogen) atoms. The SMILES string of the molecule is CCc1cc(C(C)(c2ccc(O)c(C)c2)c2cc(C)c(O)c(C)c2)ccc1O. The van der Waals surface area contributed by atoms with Gasteiger partial charge >= 0.3 is 0 Å². The van der Waals surface area contributed by atoms with Crippen molar-refractivity contribution in [1.82, 2.24) is 0 Å². The normalized spacial score (nSPS) is 13.3. The number of aryl methyl sites for hydroxylation is 4. The van der Waals surface area contributed by atoms with Gasteiger partial charge < -0.3 is 15.3 Å². The van der Waals surface area contributed by atoms with Crippen LogP contribution in [0.25, 0.3) is 0 Å². The van der Waals surface area contributed by atoms with Crippen LogP contribution in [0.3, 0.4) is 0 Å². The van der Waals surface area contributed by atoms with E-state index in [4.69, 9.17) is 0 Å². The first kappa shape index (κ1) is 19.8. The summed E-state index contributed by atoms with van der Waals surface area (Å²) in [7, 11) is 0. The minimum atomic E-state index is -0.515. The van der Waals surface area contributed by atoms with Crippen molar-refractivity contribution >= 4 is 0 Å². The van der Waals surface area contributed by atoms with Gasteiger partial charge in [-0.1, -0.05) is 43.3 Å². The van der Waals surface area contributed by atoms with Crippen molar-refractivity contribution in [3.8, 4) is 17.2 Å². The number of phenols is 3. The van der Waals surface area contributed by atoms with Crippen LogP contribution in [0.1, 0.15) is 52.8 Å². The van der Waals surface area contributed by atoms with Crippen LogP contribution in [0.15, 0.2) is 48.5 Å². The fraction of sp³-hybridized carbons (Fsp3) is 0.280. The van der Waals surface area contributed by atoms with Crippen LogP contribution in [0.4, 0.5) is 0 Å². The third-order valence-corrected chi connectivity index (χ3v) is 5.88. The van der Waals surface area contributed by atoms with Gasteiger partial charge in [-0.15, -0.1) is 0 Å². The lowest BCUT2D eigenvalue weighted by molar-refractivity contribution is 0.466. The second kappa shape index (κ2) is 7.23. The number of hydrogen-bond acceptors (Lipinski definition) is 3. The molecule has 0 saturated heterocycles. The zero-order valence-corrected chi connectivity index (χ0v) is 17.2. The predicted octanol–water partition coefficient (Wildman–Crippen LogP) is 5.65. The summed E-state index contributed by atoms with van der Waals surface area (Å²) >= 11 is 0. The molecule has 3 heteroatoms. The van der Waals surface area contributed by atoms with Gasteiger partial charge in [0.25, 0.3) is 0 Å². The van der Waals surface area contributed by atoms with E-state index in [-0.39, 0.29) is 5.75 Å². The number of benzene rings is 3. The molecular weight excluding hydrogens is 348 g/mol.